The van der Waals surface area contributed by atoms with Crippen LogP contribution in [-0.2, 0) is 43.9 Å². The topological polar surface area (TPSA) is 125 Å². The van der Waals surface area contributed by atoms with Crippen molar-refractivity contribution in [2.24, 2.45) is 5.92 Å². The maximum atomic E-state index is 13.9. The minimum Gasteiger partial charge on any atom is -0.493 e. The lowest BCUT2D eigenvalue weighted by Crippen LogP contribution is -2.49. The van der Waals surface area contributed by atoms with Crippen LogP contribution in [0, 0.1) is 5.92 Å². The van der Waals surface area contributed by atoms with E-state index in [-0.39, 0.29) is 43.5 Å². The number of hydrogen-bond donors (Lipinski definition) is 0. The highest BCUT2D eigenvalue weighted by molar-refractivity contribution is 7.89. The van der Waals surface area contributed by atoms with Crippen molar-refractivity contribution in [1.29, 1.82) is 0 Å². The molecule has 2 aliphatic heterocycles. The summed E-state index contributed by atoms with van der Waals surface area (Å²) in [6.45, 7) is 6.04. The molecule has 5 rings (SSSR count). The molecule has 3 aromatic rings. The minimum atomic E-state index is -3.73. The molecule has 1 unspecified atom stereocenters. The molecule has 2 aromatic carbocycles. The van der Waals surface area contributed by atoms with E-state index >= 15 is 0 Å². The van der Waals surface area contributed by atoms with Crippen molar-refractivity contribution < 1.29 is 32.2 Å². The number of rotatable bonds is 11. The number of carbonyl (C=O) groups excluding carboxylic acids is 1. The molecule has 1 atom stereocenters. The van der Waals surface area contributed by atoms with E-state index in [9.17, 15) is 13.2 Å². The van der Waals surface area contributed by atoms with Crippen LogP contribution in [0.25, 0.3) is 11.1 Å². The molecule has 0 N–H and O–H groups in total. The van der Waals surface area contributed by atoms with Gasteiger partial charge in [-0.15, -0.1) is 5.10 Å². The van der Waals surface area contributed by atoms with Gasteiger partial charge in [-0.05, 0) is 41.2 Å². The van der Waals surface area contributed by atoms with Gasteiger partial charge in [0.15, 0.2) is 17.8 Å². The number of sulfonamides is 1. The van der Waals surface area contributed by atoms with E-state index in [4.69, 9.17) is 18.9 Å². The first kappa shape index (κ1) is 31.9. The van der Waals surface area contributed by atoms with Gasteiger partial charge in [0, 0.05) is 26.1 Å². The fourth-order valence-electron chi connectivity index (χ4n) is 5.56. The Hall–Kier alpha value is -3.52. The highest BCUT2D eigenvalue weighted by Crippen LogP contribution is 2.33. The molecule has 2 fully saturated rings. The molecule has 2 saturated heterocycles. The number of carbonyl (C=O) groups is 1. The fourth-order valence-corrected chi connectivity index (χ4v) is 7.27. The van der Waals surface area contributed by atoms with Crippen LogP contribution >= 0.6 is 0 Å². The Balaban J connectivity index is 1.29. The zero-order chi connectivity index (χ0) is 31.3. The van der Waals surface area contributed by atoms with E-state index in [0.717, 1.165) is 23.1 Å². The van der Waals surface area contributed by atoms with Gasteiger partial charge in [0.1, 0.15) is 11.7 Å². The molecular weight excluding hydrogens is 586 g/mol. The molecule has 2 aliphatic rings. The maximum absolute atomic E-state index is 13.9. The Morgan fingerprint density at radius 1 is 0.977 bits per heavy atom. The summed E-state index contributed by atoms with van der Waals surface area (Å²) in [6.07, 6.45) is 3.07. The SMILES string of the molecule is COc1ccc(-c2ccc(CN3C(C(C)C)C(=O)N(Cc4cn(CCC5OCCCO5)nn4)CCS3(=O)=O)cc2)cc1OC. The summed E-state index contributed by atoms with van der Waals surface area (Å²) >= 11 is 0. The third kappa shape index (κ3) is 7.40. The van der Waals surface area contributed by atoms with Crippen molar-refractivity contribution in [2.45, 2.75) is 58.7 Å². The fraction of sp³-hybridized carbons (Fsp3) is 0.516. The molecule has 13 heteroatoms. The molecule has 0 radical (unpaired) electrons. The second-order valence-corrected chi connectivity index (χ2v) is 13.4. The van der Waals surface area contributed by atoms with Gasteiger partial charge < -0.3 is 23.8 Å². The summed E-state index contributed by atoms with van der Waals surface area (Å²) in [5, 5.41) is 8.44. The average Bonchev–Trinajstić information content (AvgIpc) is 3.46. The summed E-state index contributed by atoms with van der Waals surface area (Å²) in [7, 11) is -0.552. The number of aromatic nitrogens is 3. The second kappa shape index (κ2) is 14.1. The van der Waals surface area contributed by atoms with E-state index in [0.29, 0.717) is 43.4 Å². The predicted molar refractivity (Wildman–Crippen MR) is 163 cm³/mol. The maximum Gasteiger partial charge on any atom is 0.241 e. The van der Waals surface area contributed by atoms with Crippen molar-refractivity contribution in [3.63, 3.8) is 0 Å². The first-order valence-electron chi connectivity index (χ1n) is 14.9. The Morgan fingerprint density at radius 2 is 1.68 bits per heavy atom. The van der Waals surface area contributed by atoms with Gasteiger partial charge in [-0.3, -0.25) is 9.48 Å². The molecule has 1 amide bonds. The third-order valence-electron chi connectivity index (χ3n) is 7.92. The van der Waals surface area contributed by atoms with Crippen LogP contribution in [0.4, 0.5) is 0 Å². The van der Waals surface area contributed by atoms with Gasteiger partial charge in [0.05, 0.1) is 45.9 Å². The summed E-state index contributed by atoms with van der Waals surface area (Å²) in [5.74, 6) is 0.619. The van der Waals surface area contributed by atoms with Crippen LogP contribution in [0.1, 0.15) is 37.9 Å². The van der Waals surface area contributed by atoms with Gasteiger partial charge >= 0.3 is 0 Å². The van der Waals surface area contributed by atoms with Crippen molar-refractivity contribution in [3.05, 3.63) is 59.9 Å². The number of amides is 1. The number of methoxy groups -OCH3 is 2. The Labute approximate surface area is 258 Å². The summed E-state index contributed by atoms with van der Waals surface area (Å²) in [4.78, 5) is 15.5. The number of ether oxygens (including phenoxy) is 4. The molecule has 1 aromatic heterocycles. The smallest absolute Gasteiger partial charge is 0.241 e. The predicted octanol–water partition coefficient (Wildman–Crippen LogP) is 3.31. The highest BCUT2D eigenvalue weighted by atomic mass is 32.2. The van der Waals surface area contributed by atoms with E-state index < -0.39 is 16.1 Å². The van der Waals surface area contributed by atoms with Crippen molar-refractivity contribution in [1.82, 2.24) is 24.2 Å². The lowest BCUT2D eigenvalue weighted by Gasteiger charge is -2.32. The molecule has 12 nitrogen and oxygen atoms in total. The first-order chi connectivity index (χ1) is 21.2. The van der Waals surface area contributed by atoms with Crippen LogP contribution in [0.15, 0.2) is 48.7 Å². The number of nitrogens with zero attached hydrogens (tertiary/aromatic N) is 5. The van der Waals surface area contributed by atoms with E-state index in [1.807, 2.05) is 56.3 Å². The normalized spacial score (nSPS) is 19.7. The first-order valence-corrected chi connectivity index (χ1v) is 16.5. The molecule has 0 spiro atoms. The number of aryl methyl sites for hydroxylation is 1. The van der Waals surface area contributed by atoms with Crippen LogP contribution < -0.4 is 9.47 Å². The number of benzene rings is 2. The van der Waals surface area contributed by atoms with Crippen molar-refractivity contribution >= 4 is 15.9 Å². The van der Waals surface area contributed by atoms with Crippen LogP contribution in [-0.4, -0.2) is 90.6 Å². The van der Waals surface area contributed by atoms with Gasteiger partial charge in [-0.1, -0.05) is 49.4 Å². The van der Waals surface area contributed by atoms with Crippen molar-refractivity contribution in [2.75, 3.05) is 39.7 Å². The third-order valence-corrected chi connectivity index (χ3v) is 9.69. The highest BCUT2D eigenvalue weighted by Gasteiger charge is 2.42. The lowest BCUT2D eigenvalue weighted by molar-refractivity contribution is -0.182. The van der Waals surface area contributed by atoms with Crippen molar-refractivity contribution in [3.8, 4) is 22.6 Å². The van der Waals surface area contributed by atoms with Gasteiger partial charge in [0.25, 0.3) is 0 Å². The lowest BCUT2D eigenvalue weighted by atomic mass is 10.0. The van der Waals surface area contributed by atoms with Gasteiger partial charge in [0.2, 0.25) is 15.9 Å². The standard InChI is InChI=1S/C31H41N5O7S/c1-22(2)30-31(37)34(20-26-21-35(33-32-26)13-12-29-42-15-5-16-43-29)14-17-44(38,39)36(30)19-23-6-8-24(9-7-23)25-10-11-27(40-3)28(18-25)41-4/h6-11,18,21-22,29-30H,5,12-17,19-20H2,1-4H3. The van der Waals surface area contributed by atoms with Crippen LogP contribution in [0.5, 0.6) is 11.5 Å². The summed E-state index contributed by atoms with van der Waals surface area (Å²) in [5.41, 5.74) is 3.28. The number of hydrogen-bond acceptors (Lipinski definition) is 9. The zero-order valence-corrected chi connectivity index (χ0v) is 26.5. The molecular formula is C31H41N5O7S. The molecule has 238 valence electrons. The van der Waals surface area contributed by atoms with Crippen LogP contribution in [0.2, 0.25) is 0 Å². The van der Waals surface area contributed by atoms with E-state index in [1.165, 1.54) is 4.31 Å². The van der Waals surface area contributed by atoms with Gasteiger partial charge in [-0.25, -0.2) is 8.42 Å². The summed E-state index contributed by atoms with van der Waals surface area (Å²) in [6, 6.07) is 12.5. The Kier molecular flexibility index (Phi) is 10.2. The minimum absolute atomic E-state index is 0.0791. The largest absolute Gasteiger partial charge is 0.493 e. The van der Waals surface area contributed by atoms with Gasteiger partial charge in [-0.2, -0.15) is 4.31 Å². The van der Waals surface area contributed by atoms with E-state index in [1.54, 1.807) is 30.0 Å². The monoisotopic (exact) mass is 627 g/mol. The summed E-state index contributed by atoms with van der Waals surface area (Å²) < 4.78 is 52.2. The Bertz CT molecular complexity index is 1520. The molecule has 0 saturated carbocycles. The average molecular weight is 628 g/mol. The zero-order valence-electron chi connectivity index (χ0n) is 25.7. The Morgan fingerprint density at radius 3 is 2.36 bits per heavy atom. The molecule has 0 bridgehead atoms. The molecule has 3 heterocycles. The second-order valence-electron chi connectivity index (χ2n) is 11.4. The molecule has 0 aliphatic carbocycles. The molecule has 44 heavy (non-hydrogen) atoms. The van der Waals surface area contributed by atoms with E-state index in [2.05, 4.69) is 10.3 Å². The quantitative estimate of drug-likeness (QED) is 0.315. The van der Waals surface area contributed by atoms with Crippen LogP contribution in [0.3, 0.4) is 0 Å².